The van der Waals surface area contributed by atoms with Gasteiger partial charge in [-0.1, -0.05) is 6.92 Å². The van der Waals surface area contributed by atoms with Crippen LogP contribution in [0.15, 0.2) is 22.8 Å². The molecule has 0 aliphatic carbocycles. The van der Waals surface area contributed by atoms with Crippen molar-refractivity contribution in [3.05, 3.63) is 28.5 Å². The SMILES string of the molecule is CCN(Cc1ccc(Br)cn1)C(C)COC. The van der Waals surface area contributed by atoms with Crippen LogP contribution >= 0.6 is 15.9 Å². The molecular weight excluding hydrogens is 268 g/mol. The van der Waals surface area contributed by atoms with Crippen molar-refractivity contribution >= 4 is 15.9 Å². The van der Waals surface area contributed by atoms with Crippen LogP contribution in [0, 0.1) is 0 Å². The predicted molar refractivity (Wildman–Crippen MR) is 69.4 cm³/mol. The summed E-state index contributed by atoms with van der Waals surface area (Å²) in [6.45, 7) is 6.96. The Morgan fingerprint density at radius 1 is 1.50 bits per heavy atom. The lowest BCUT2D eigenvalue weighted by Crippen LogP contribution is -2.35. The van der Waals surface area contributed by atoms with E-state index < -0.39 is 0 Å². The van der Waals surface area contributed by atoms with Crippen molar-refractivity contribution in [2.45, 2.75) is 26.4 Å². The van der Waals surface area contributed by atoms with E-state index in [0.29, 0.717) is 6.04 Å². The van der Waals surface area contributed by atoms with E-state index in [1.165, 1.54) is 0 Å². The molecule has 3 nitrogen and oxygen atoms in total. The van der Waals surface area contributed by atoms with Crippen LogP contribution in [0.1, 0.15) is 19.5 Å². The zero-order valence-corrected chi connectivity index (χ0v) is 11.7. The van der Waals surface area contributed by atoms with Gasteiger partial charge in [0.05, 0.1) is 12.3 Å². The van der Waals surface area contributed by atoms with Gasteiger partial charge in [-0.15, -0.1) is 0 Å². The van der Waals surface area contributed by atoms with Gasteiger partial charge in [-0.05, 0) is 41.5 Å². The van der Waals surface area contributed by atoms with Crippen molar-refractivity contribution in [1.82, 2.24) is 9.88 Å². The molecule has 1 heterocycles. The van der Waals surface area contributed by atoms with Crippen LogP contribution in [0.3, 0.4) is 0 Å². The molecule has 1 aromatic heterocycles. The second-order valence-electron chi connectivity index (χ2n) is 3.84. The number of hydrogen-bond acceptors (Lipinski definition) is 3. The highest BCUT2D eigenvalue weighted by Crippen LogP contribution is 2.10. The van der Waals surface area contributed by atoms with E-state index in [1.54, 1.807) is 7.11 Å². The van der Waals surface area contributed by atoms with E-state index >= 15 is 0 Å². The molecule has 1 rings (SSSR count). The Morgan fingerprint density at radius 2 is 2.25 bits per heavy atom. The molecule has 0 radical (unpaired) electrons. The Labute approximate surface area is 106 Å². The third kappa shape index (κ3) is 4.20. The number of aromatic nitrogens is 1. The number of hydrogen-bond donors (Lipinski definition) is 0. The summed E-state index contributed by atoms with van der Waals surface area (Å²) in [5.74, 6) is 0. The Bertz CT molecular complexity index is 302. The summed E-state index contributed by atoms with van der Waals surface area (Å²) in [7, 11) is 1.74. The molecule has 0 spiro atoms. The molecule has 1 unspecified atom stereocenters. The summed E-state index contributed by atoms with van der Waals surface area (Å²) >= 11 is 3.39. The smallest absolute Gasteiger partial charge is 0.0615 e. The van der Waals surface area contributed by atoms with Gasteiger partial charge in [-0.25, -0.2) is 0 Å². The monoisotopic (exact) mass is 286 g/mol. The van der Waals surface area contributed by atoms with Crippen LogP contribution in [-0.2, 0) is 11.3 Å². The number of halogens is 1. The highest BCUT2D eigenvalue weighted by Gasteiger charge is 2.12. The lowest BCUT2D eigenvalue weighted by molar-refractivity contribution is 0.0974. The molecular formula is C12H19BrN2O. The number of ether oxygens (including phenoxy) is 1. The number of likely N-dealkylation sites (N-methyl/N-ethyl adjacent to an activating group) is 1. The standard InChI is InChI=1S/C12H19BrN2O/c1-4-15(10(2)9-16-3)8-12-6-5-11(13)7-14-12/h5-7,10H,4,8-9H2,1-3H3. The van der Waals surface area contributed by atoms with Crippen LogP contribution in [0.5, 0.6) is 0 Å². The van der Waals surface area contributed by atoms with Gasteiger partial charge in [0, 0.05) is 30.4 Å². The third-order valence-electron chi connectivity index (χ3n) is 2.59. The largest absolute Gasteiger partial charge is 0.383 e. The summed E-state index contributed by atoms with van der Waals surface area (Å²) in [6.07, 6.45) is 1.84. The van der Waals surface area contributed by atoms with Crippen molar-refractivity contribution in [2.75, 3.05) is 20.3 Å². The van der Waals surface area contributed by atoms with Crippen LogP contribution < -0.4 is 0 Å². The van der Waals surface area contributed by atoms with E-state index in [4.69, 9.17) is 4.74 Å². The van der Waals surface area contributed by atoms with Gasteiger partial charge in [0.1, 0.15) is 0 Å². The summed E-state index contributed by atoms with van der Waals surface area (Å²) < 4.78 is 6.19. The second kappa shape index (κ2) is 6.99. The predicted octanol–water partition coefficient (Wildman–Crippen LogP) is 2.70. The van der Waals surface area contributed by atoms with Crippen molar-refractivity contribution in [3.63, 3.8) is 0 Å². The molecule has 0 fully saturated rings. The molecule has 0 bridgehead atoms. The third-order valence-corrected chi connectivity index (χ3v) is 3.06. The molecule has 90 valence electrons. The minimum absolute atomic E-state index is 0.417. The Hall–Kier alpha value is -0.450. The molecule has 0 aliphatic rings. The summed E-state index contributed by atoms with van der Waals surface area (Å²) in [5.41, 5.74) is 1.09. The van der Waals surface area contributed by atoms with Crippen LogP contribution in [0.4, 0.5) is 0 Å². The van der Waals surface area contributed by atoms with Gasteiger partial charge >= 0.3 is 0 Å². The molecule has 0 saturated heterocycles. The maximum atomic E-state index is 5.17. The van der Waals surface area contributed by atoms with Gasteiger partial charge in [-0.2, -0.15) is 0 Å². The van der Waals surface area contributed by atoms with Crippen LogP contribution in [-0.4, -0.2) is 36.2 Å². The highest BCUT2D eigenvalue weighted by atomic mass is 79.9. The zero-order chi connectivity index (χ0) is 12.0. The van der Waals surface area contributed by atoms with Crippen molar-refractivity contribution in [2.24, 2.45) is 0 Å². The minimum Gasteiger partial charge on any atom is -0.383 e. The van der Waals surface area contributed by atoms with Crippen molar-refractivity contribution in [1.29, 1.82) is 0 Å². The minimum atomic E-state index is 0.417. The van der Waals surface area contributed by atoms with Crippen LogP contribution in [0.25, 0.3) is 0 Å². The fourth-order valence-corrected chi connectivity index (χ4v) is 1.87. The Kier molecular flexibility index (Phi) is 5.95. The number of nitrogens with zero attached hydrogens (tertiary/aromatic N) is 2. The van der Waals surface area contributed by atoms with Gasteiger partial charge in [0.2, 0.25) is 0 Å². The van der Waals surface area contributed by atoms with E-state index in [-0.39, 0.29) is 0 Å². The van der Waals surface area contributed by atoms with Crippen molar-refractivity contribution < 1.29 is 4.74 Å². The summed E-state index contributed by atoms with van der Waals surface area (Å²) in [4.78, 5) is 6.73. The number of pyridine rings is 1. The molecule has 0 amide bonds. The molecule has 1 atom stereocenters. The molecule has 0 aromatic carbocycles. The van der Waals surface area contributed by atoms with Crippen molar-refractivity contribution in [3.8, 4) is 0 Å². The molecule has 16 heavy (non-hydrogen) atoms. The van der Waals surface area contributed by atoms with Gasteiger partial charge in [0.15, 0.2) is 0 Å². The first-order valence-electron chi connectivity index (χ1n) is 5.50. The van der Waals surface area contributed by atoms with E-state index in [1.807, 2.05) is 18.3 Å². The Morgan fingerprint density at radius 3 is 2.75 bits per heavy atom. The number of rotatable bonds is 6. The van der Waals surface area contributed by atoms with E-state index in [9.17, 15) is 0 Å². The first-order valence-corrected chi connectivity index (χ1v) is 6.30. The molecule has 0 N–H and O–H groups in total. The first kappa shape index (κ1) is 13.6. The van der Waals surface area contributed by atoms with E-state index in [0.717, 1.165) is 29.9 Å². The molecule has 4 heteroatoms. The van der Waals surface area contributed by atoms with Gasteiger partial charge in [0.25, 0.3) is 0 Å². The molecule has 1 aromatic rings. The first-order chi connectivity index (χ1) is 7.67. The van der Waals surface area contributed by atoms with E-state index in [2.05, 4.69) is 39.7 Å². The molecule has 0 saturated carbocycles. The lowest BCUT2D eigenvalue weighted by Gasteiger charge is -2.26. The maximum Gasteiger partial charge on any atom is 0.0615 e. The second-order valence-corrected chi connectivity index (χ2v) is 4.75. The highest BCUT2D eigenvalue weighted by molar-refractivity contribution is 9.10. The van der Waals surface area contributed by atoms with Gasteiger partial charge in [-0.3, -0.25) is 9.88 Å². The summed E-state index contributed by atoms with van der Waals surface area (Å²) in [5, 5.41) is 0. The quantitative estimate of drug-likeness (QED) is 0.804. The molecule has 0 aliphatic heterocycles. The fraction of sp³-hybridized carbons (Fsp3) is 0.583. The summed E-state index contributed by atoms with van der Waals surface area (Å²) in [6, 6.07) is 4.49. The maximum absolute atomic E-state index is 5.17. The number of methoxy groups -OCH3 is 1. The van der Waals surface area contributed by atoms with Crippen LogP contribution in [0.2, 0.25) is 0 Å². The topological polar surface area (TPSA) is 25.4 Å². The Balaban J connectivity index is 2.59. The average molecular weight is 287 g/mol. The van der Waals surface area contributed by atoms with Gasteiger partial charge < -0.3 is 4.74 Å². The fourth-order valence-electron chi connectivity index (χ4n) is 1.63. The lowest BCUT2D eigenvalue weighted by atomic mass is 10.2. The average Bonchev–Trinajstić information content (AvgIpc) is 2.28. The normalized spacial score (nSPS) is 13.1. The zero-order valence-electron chi connectivity index (χ0n) is 10.1.